The van der Waals surface area contributed by atoms with Crippen LogP contribution in [0.15, 0.2) is 30.3 Å². The van der Waals surface area contributed by atoms with Gasteiger partial charge in [0.1, 0.15) is 5.75 Å². The molecule has 1 unspecified atom stereocenters. The zero-order valence-corrected chi connectivity index (χ0v) is 11.9. The van der Waals surface area contributed by atoms with Crippen LogP contribution in [0.4, 0.5) is 0 Å². The molecule has 0 saturated carbocycles. The molecule has 0 saturated heterocycles. The topological polar surface area (TPSA) is 38.3 Å². The molecule has 3 rings (SSSR count). The summed E-state index contributed by atoms with van der Waals surface area (Å²) in [6.07, 6.45) is 3.23. The fourth-order valence-electron chi connectivity index (χ4n) is 3.06. The minimum Gasteiger partial charge on any atom is -0.497 e. The summed E-state index contributed by atoms with van der Waals surface area (Å²) in [5.74, 6) is 0.901. The average molecular weight is 269 g/mol. The number of carbonyl (C=O) groups is 1. The van der Waals surface area contributed by atoms with Crippen molar-refractivity contribution in [1.29, 1.82) is 0 Å². The summed E-state index contributed by atoms with van der Waals surface area (Å²) in [4.78, 5) is 11.4. The van der Waals surface area contributed by atoms with E-state index in [1.165, 1.54) is 21.9 Å². The lowest BCUT2D eigenvalue weighted by Crippen LogP contribution is -2.28. The normalized spacial score (nSPS) is 17.6. The van der Waals surface area contributed by atoms with Gasteiger partial charge in [-0.05, 0) is 59.4 Å². The first kappa shape index (κ1) is 13.0. The third-order valence-corrected chi connectivity index (χ3v) is 4.00. The highest BCUT2D eigenvalue weighted by atomic mass is 16.5. The maximum Gasteiger partial charge on any atom is 0.217 e. The van der Waals surface area contributed by atoms with Gasteiger partial charge in [-0.25, -0.2) is 0 Å². The van der Waals surface area contributed by atoms with E-state index in [1.54, 1.807) is 14.0 Å². The minimum absolute atomic E-state index is 0.0357. The van der Waals surface area contributed by atoms with E-state index in [9.17, 15) is 4.79 Å². The van der Waals surface area contributed by atoms with Crippen LogP contribution in [0.5, 0.6) is 5.75 Å². The summed E-state index contributed by atoms with van der Waals surface area (Å²) in [6.45, 7) is 1.58. The highest BCUT2D eigenvalue weighted by molar-refractivity contribution is 5.86. The molecule has 0 spiro atoms. The van der Waals surface area contributed by atoms with Gasteiger partial charge < -0.3 is 10.1 Å². The maximum absolute atomic E-state index is 11.4. The molecule has 20 heavy (non-hydrogen) atoms. The molecule has 0 heterocycles. The van der Waals surface area contributed by atoms with E-state index in [2.05, 4.69) is 29.6 Å². The minimum atomic E-state index is 0.0357. The first-order valence-corrected chi connectivity index (χ1v) is 7.05. The summed E-state index contributed by atoms with van der Waals surface area (Å²) in [6, 6.07) is 10.7. The van der Waals surface area contributed by atoms with Crippen LogP contribution in [0.1, 0.15) is 36.9 Å². The van der Waals surface area contributed by atoms with Crippen LogP contribution in [0.2, 0.25) is 0 Å². The molecular weight excluding hydrogens is 250 g/mol. The molecule has 1 atom stereocenters. The van der Waals surface area contributed by atoms with Crippen molar-refractivity contribution in [3.05, 3.63) is 41.5 Å². The molecule has 0 fully saturated rings. The Morgan fingerprint density at radius 1 is 1.25 bits per heavy atom. The van der Waals surface area contributed by atoms with Gasteiger partial charge >= 0.3 is 0 Å². The van der Waals surface area contributed by atoms with Gasteiger partial charge in [-0.2, -0.15) is 0 Å². The first-order chi connectivity index (χ1) is 9.67. The van der Waals surface area contributed by atoms with E-state index in [-0.39, 0.29) is 11.9 Å². The Labute approximate surface area is 118 Å². The molecule has 0 bridgehead atoms. The fraction of sp³-hybridized carbons (Fsp3) is 0.353. The van der Waals surface area contributed by atoms with Crippen LogP contribution < -0.4 is 10.1 Å². The Kier molecular flexibility index (Phi) is 3.35. The van der Waals surface area contributed by atoms with E-state index >= 15 is 0 Å². The largest absolute Gasteiger partial charge is 0.497 e. The molecule has 104 valence electrons. The number of aryl methyl sites for hydroxylation is 1. The van der Waals surface area contributed by atoms with Crippen LogP contribution in [0, 0.1) is 0 Å². The summed E-state index contributed by atoms with van der Waals surface area (Å²) in [5.41, 5.74) is 2.61. The van der Waals surface area contributed by atoms with E-state index in [0.29, 0.717) is 0 Å². The summed E-state index contributed by atoms with van der Waals surface area (Å²) in [7, 11) is 1.68. The first-order valence-electron chi connectivity index (χ1n) is 7.05. The second kappa shape index (κ2) is 5.16. The number of methoxy groups -OCH3 is 1. The van der Waals surface area contributed by atoms with Crippen LogP contribution in [0.3, 0.4) is 0 Å². The third-order valence-electron chi connectivity index (χ3n) is 4.00. The van der Waals surface area contributed by atoms with E-state index in [4.69, 9.17) is 4.74 Å². The molecule has 1 N–H and O–H groups in total. The van der Waals surface area contributed by atoms with Crippen LogP contribution in [-0.2, 0) is 11.2 Å². The monoisotopic (exact) mass is 269 g/mol. The predicted octanol–water partition coefficient (Wildman–Crippen LogP) is 3.36. The van der Waals surface area contributed by atoms with Gasteiger partial charge in [0.25, 0.3) is 0 Å². The Morgan fingerprint density at radius 3 is 2.85 bits per heavy atom. The van der Waals surface area contributed by atoms with Crippen LogP contribution >= 0.6 is 0 Å². The molecule has 0 radical (unpaired) electrons. The van der Waals surface area contributed by atoms with Crippen molar-refractivity contribution in [3.63, 3.8) is 0 Å². The maximum atomic E-state index is 11.4. The molecule has 0 aromatic heterocycles. The Morgan fingerprint density at radius 2 is 2.10 bits per heavy atom. The number of carbonyl (C=O) groups excluding carboxylic acids is 1. The fourth-order valence-corrected chi connectivity index (χ4v) is 3.06. The lowest BCUT2D eigenvalue weighted by molar-refractivity contribution is -0.119. The quantitative estimate of drug-likeness (QED) is 0.907. The van der Waals surface area contributed by atoms with Gasteiger partial charge in [0.2, 0.25) is 5.91 Å². The average Bonchev–Trinajstić information content (AvgIpc) is 2.44. The molecule has 3 nitrogen and oxygen atoms in total. The van der Waals surface area contributed by atoms with Gasteiger partial charge in [0, 0.05) is 6.92 Å². The zero-order chi connectivity index (χ0) is 14.1. The Hall–Kier alpha value is -2.03. The second-order valence-corrected chi connectivity index (χ2v) is 5.41. The van der Waals surface area contributed by atoms with Gasteiger partial charge in [-0.15, -0.1) is 0 Å². The molecule has 1 aliphatic rings. The summed E-state index contributed by atoms with van der Waals surface area (Å²) in [5, 5.41) is 5.46. The van der Waals surface area contributed by atoms with Crippen molar-refractivity contribution in [1.82, 2.24) is 5.32 Å². The van der Waals surface area contributed by atoms with E-state index < -0.39 is 0 Å². The van der Waals surface area contributed by atoms with Gasteiger partial charge in [-0.1, -0.05) is 12.1 Å². The Balaban J connectivity index is 2.09. The van der Waals surface area contributed by atoms with Crippen molar-refractivity contribution in [3.8, 4) is 5.75 Å². The van der Waals surface area contributed by atoms with Gasteiger partial charge in [0.15, 0.2) is 0 Å². The van der Waals surface area contributed by atoms with E-state index in [1.807, 2.05) is 6.07 Å². The predicted molar refractivity (Wildman–Crippen MR) is 80.0 cm³/mol. The molecular formula is C17H19NO2. The lowest BCUT2D eigenvalue weighted by Gasteiger charge is -2.26. The number of hydrogen-bond donors (Lipinski definition) is 1. The van der Waals surface area contributed by atoms with Crippen molar-refractivity contribution >= 4 is 16.7 Å². The highest BCUT2D eigenvalue weighted by Crippen LogP contribution is 2.34. The molecule has 3 heteroatoms. The number of rotatable bonds is 2. The smallest absolute Gasteiger partial charge is 0.217 e. The standard InChI is InChI=1S/C17H19NO2/c1-11(19)18-17-5-3-4-13-8-12-6-7-15(20-2)9-14(12)10-16(13)17/h6-10,17H,3-5H2,1-2H3,(H,18,19). The van der Waals surface area contributed by atoms with Gasteiger partial charge in [0.05, 0.1) is 13.2 Å². The van der Waals surface area contributed by atoms with Crippen molar-refractivity contribution in [2.45, 2.75) is 32.2 Å². The number of amides is 1. The molecule has 1 aliphatic carbocycles. The molecule has 2 aromatic carbocycles. The number of fused-ring (bicyclic) bond motifs is 2. The summed E-state index contributed by atoms with van der Waals surface area (Å²) >= 11 is 0. The van der Waals surface area contributed by atoms with Crippen LogP contribution in [0.25, 0.3) is 10.8 Å². The van der Waals surface area contributed by atoms with Crippen molar-refractivity contribution in [2.75, 3.05) is 7.11 Å². The molecule has 1 amide bonds. The highest BCUT2D eigenvalue weighted by Gasteiger charge is 2.21. The number of ether oxygens (including phenoxy) is 1. The SMILES string of the molecule is COc1ccc2cc3c(cc2c1)C(NC(C)=O)CCC3. The number of nitrogens with one attached hydrogen (secondary N) is 1. The van der Waals surface area contributed by atoms with E-state index in [0.717, 1.165) is 25.0 Å². The number of benzene rings is 2. The van der Waals surface area contributed by atoms with Crippen molar-refractivity contribution in [2.24, 2.45) is 0 Å². The second-order valence-electron chi connectivity index (χ2n) is 5.41. The third kappa shape index (κ3) is 2.36. The van der Waals surface area contributed by atoms with Gasteiger partial charge in [-0.3, -0.25) is 4.79 Å². The Bertz CT molecular complexity index is 663. The van der Waals surface area contributed by atoms with Crippen molar-refractivity contribution < 1.29 is 9.53 Å². The zero-order valence-electron chi connectivity index (χ0n) is 11.9. The van der Waals surface area contributed by atoms with Crippen LogP contribution in [-0.4, -0.2) is 13.0 Å². The summed E-state index contributed by atoms with van der Waals surface area (Å²) < 4.78 is 5.29. The molecule has 0 aliphatic heterocycles. The number of hydrogen-bond acceptors (Lipinski definition) is 2. The lowest BCUT2D eigenvalue weighted by atomic mass is 9.85. The molecule has 2 aromatic rings.